The standard InChI is InChI=1S/C24H22N2O5/c1-30-17-8-9-18(19(12-17)31-2)25-22(27)15-4-3-5-16(11-15)26-23(28)20-13-6-7-14(10-13)21(20)24(26)29/h3-9,11-14,20-21H,10H2,1-2H3,(H,25,27)/t13-,14-,20-,21+/m0/s1. The van der Waals surface area contributed by atoms with E-state index in [2.05, 4.69) is 17.5 Å². The van der Waals surface area contributed by atoms with Gasteiger partial charge in [-0.05, 0) is 48.6 Å². The Balaban J connectivity index is 1.39. The zero-order valence-corrected chi connectivity index (χ0v) is 17.2. The molecule has 2 fully saturated rings. The molecule has 0 unspecified atom stereocenters. The maximum absolute atomic E-state index is 13.0. The molecule has 2 aromatic rings. The highest BCUT2D eigenvalue weighted by Crippen LogP contribution is 2.53. The molecule has 2 aliphatic carbocycles. The molecule has 4 atom stereocenters. The maximum Gasteiger partial charge on any atom is 0.255 e. The van der Waals surface area contributed by atoms with Gasteiger partial charge in [-0.1, -0.05) is 18.2 Å². The van der Waals surface area contributed by atoms with Crippen LogP contribution in [0.15, 0.2) is 54.6 Å². The van der Waals surface area contributed by atoms with Gasteiger partial charge in [-0.3, -0.25) is 14.4 Å². The van der Waals surface area contributed by atoms with E-state index < -0.39 is 0 Å². The van der Waals surface area contributed by atoms with Crippen LogP contribution >= 0.6 is 0 Å². The van der Waals surface area contributed by atoms with Crippen LogP contribution in [0.2, 0.25) is 0 Å². The predicted octanol–water partition coefficient (Wildman–Crippen LogP) is 3.27. The fourth-order valence-corrected chi connectivity index (χ4v) is 5.04. The Hall–Kier alpha value is -3.61. The van der Waals surface area contributed by atoms with Crippen LogP contribution in [0.3, 0.4) is 0 Å². The minimum atomic E-state index is -0.369. The van der Waals surface area contributed by atoms with E-state index in [-0.39, 0.29) is 41.4 Å². The normalized spacial score (nSPS) is 25.7. The monoisotopic (exact) mass is 418 g/mol. The van der Waals surface area contributed by atoms with Crippen LogP contribution in [0.1, 0.15) is 16.8 Å². The number of methoxy groups -OCH3 is 2. The number of imide groups is 1. The summed E-state index contributed by atoms with van der Waals surface area (Å²) in [5.74, 6) is 0.110. The molecule has 0 spiro atoms. The molecule has 0 radical (unpaired) electrons. The number of ether oxygens (including phenoxy) is 2. The van der Waals surface area contributed by atoms with Gasteiger partial charge in [0.25, 0.3) is 5.91 Å². The lowest BCUT2D eigenvalue weighted by molar-refractivity contribution is -0.123. The van der Waals surface area contributed by atoms with E-state index in [1.54, 1.807) is 49.6 Å². The summed E-state index contributed by atoms with van der Waals surface area (Å²) in [5.41, 5.74) is 1.26. The van der Waals surface area contributed by atoms with E-state index in [9.17, 15) is 14.4 Å². The summed E-state index contributed by atoms with van der Waals surface area (Å²) in [6.07, 6.45) is 5.01. The number of benzene rings is 2. The predicted molar refractivity (Wildman–Crippen MR) is 114 cm³/mol. The second kappa shape index (κ2) is 7.27. The number of hydrogen-bond donors (Lipinski definition) is 1. The van der Waals surface area contributed by atoms with E-state index >= 15 is 0 Å². The van der Waals surface area contributed by atoms with Crippen LogP contribution in [0, 0.1) is 23.7 Å². The van der Waals surface area contributed by atoms with Crippen LogP contribution < -0.4 is 19.7 Å². The molecule has 0 aromatic heterocycles. The van der Waals surface area contributed by atoms with E-state index in [0.29, 0.717) is 28.4 Å². The van der Waals surface area contributed by atoms with Crippen LogP contribution in [-0.4, -0.2) is 31.9 Å². The lowest BCUT2D eigenvalue weighted by atomic mass is 9.85. The number of anilines is 2. The van der Waals surface area contributed by atoms with Crippen LogP contribution in [0.25, 0.3) is 0 Å². The van der Waals surface area contributed by atoms with Gasteiger partial charge in [0.15, 0.2) is 0 Å². The molecule has 1 N–H and O–H groups in total. The third-order valence-corrected chi connectivity index (χ3v) is 6.49. The average Bonchev–Trinajstić information content (AvgIpc) is 3.47. The summed E-state index contributed by atoms with van der Waals surface area (Å²) in [4.78, 5) is 40.2. The molecule has 5 rings (SSSR count). The van der Waals surface area contributed by atoms with Gasteiger partial charge >= 0.3 is 0 Å². The van der Waals surface area contributed by atoms with Gasteiger partial charge in [-0.2, -0.15) is 0 Å². The van der Waals surface area contributed by atoms with Gasteiger partial charge in [0.05, 0.1) is 37.4 Å². The molecule has 158 valence electrons. The average molecular weight is 418 g/mol. The summed E-state index contributed by atoms with van der Waals surface area (Å²) in [7, 11) is 3.06. The minimum Gasteiger partial charge on any atom is -0.497 e. The first-order valence-corrected chi connectivity index (χ1v) is 10.2. The number of amides is 3. The second-order valence-electron chi connectivity index (χ2n) is 8.08. The molecule has 7 nitrogen and oxygen atoms in total. The molecule has 7 heteroatoms. The third-order valence-electron chi connectivity index (χ3n) is 6.49. The Kier molecular flexibility index (Phi) is 4.54. The number of carbonyl (C=O) groups excluding carboxylic acids is 3. The van der Waals surface area contributed by atoms with Crippen molar-refractivity contribution >= 4 is 29.1 Å². The number of rotatable bonds is 5. The Morgan fingerprint density at radius 1 is 0.968 bits per heavy atom. The summed E-state index contributed by atoms with van der Waals surface area (Å²) < 4.78 is 10.5. The van der Waals surface area contributed by atoms with Gasteiger partial charge < -0.3 is 14.8 Å². The molecule has 2 aromatic carbocycles. The summed E-state index contributed by atoms with van der Waals surface area (Å²) in [6, 6.07) is 11.7. The Morgan fingerprint density at radius 2 is 1.68 bits per heavy atom. The van der Waals surface area contributed by atoms with Crippen molar-refractivity contribution < 1.29 is 23.9 Å². The van der Waals surface area contributed by atoms with E-state index in [1.165, 1.54) is 12.0 Å². The highest BCUT2D eigenvalue weighted by atomic mass is 16.5. The second-order valence-corrected chi connectivity index (χ2v) is 8.08. The van der Waals surface area contributed by atoms with E-state index in [4.69, 9.17) is 9.47 Å². The van der Waals surface area contributed by atoms with Crippen LogP contribution in [0.5, 0.6) is 11.5 Å². The number of allylic oxidation sites excluding steroid dienone is 2. The van der Waals surface area contributed by atoms with E-state index in [1.807, 2.05) is 0 Å². The van der Waals surface area contributed by atoms with Crippen molar-refractivity contribution in [3.63, 3.8) is 0 Å². The van der Waals surface area contributed by atoms with Crippen molar-refractivity contribution in [2.45, 2.75) is 6.42 Å². The maximum atomic E-state index is 13.0. The first-order valence-electron chi connectivity index (χ1n) is 10.2. The number of nitrogens with zero attached hydrogens (tertiary/aromatic N) is 1. The fourth-order valence-electron chi connectivity index (χ4n) is 5.04. The fraction of sp³-hybridized carbons (Fsp3) is 0.292. The zero-order chi connectivity index (χ0) is 21.7. The topological polar surface area (TPSA) is 84.9 Å². The first kappa shape index (κ1) is 19.4. The third kappa shape index (κ3) is 3.00. The van der Waals surface area contributed by atoms with Crippen molar-refractivity contribution in [1.29, 1.82) is 0 Å². The largest absolute Gasteiger partial charge is 0.497 e. The highest BCUT2D eigenvalue weighted by Gasteiger charge is 2.59. The van der Waals surface area contributed by atoms with Crippen LogP contribution in [-0.2, 0) is 9.59 Å². The molecule has 1 saturated carbocycles. The van der Waals surface area contributed by atoms with E-state index in [0.717, 1.165) is 6.42 Å². The molecule has 3 aliphatic rings. The zero-order valence-electron chi connectivity index (χ0n) is 17.2. The number of hydrogen-bond acceptors (Lipinski definition) is 5. The molecule has 1 aliphatic heterocycles. The van der Waals surface area contributed by atoms with Crippen molar-refractivity contribution in [2.24, 2.45) is 23.7 Å². The van der Waals surface area contributed by atoms with Gasteiger partial charge in [-0.25, -0.2) is 4.90 Å². The smallest absolute Gasteiger partial charge is 0.255 e. The Bertz CT molecular complexity index is 1090. The molecule has 1 saturated heterocycles. The van der Waals surface area contributed by atoms with Crippen molar-refractivity contribution in [2.75, 3.05) is 24.4 Å². The molecule has 1 heterocycles. The first-order chi connectivity index (χ1) is 15.0. The van der Waals surface area contributed by atoms with Gasteiger partial charge in [0.2, 0.25) is 11.8 Å². The molecule has 31 heavy (non-hydrogen) atoms. The highest BCUT2D eigenvalue weighted by molar-refractivity contribution is 6.23. The number of carbonyl (C=O) groups is 3. The van der Waals surface area contributed by atoms with Gasteiger partial charge in [-0.15, -0.1) is 0 Å². The summed E-state index contributed by atoms with van der Waals surface area (Å²) in [5, 5.41) is 2.82. The van der Waals surface area contributed by atoms with Gasteiger partial charge in [0, 0.05) is 11.6 Å². The lowest BCUT2D eigenvalue weighted by Gasteiger charge is -2.18. The Morgan fingerprint density at radius 3 is 2.32 bits per heavy atom. The number of fused-ring (bicyclic) bond motifs is 5. The molecule has 3 amide bonds. The van der Waals surface area contributed by atoms with Crippen molar-refractivity contribution in [3.8, 4) is 11.5 Å². The molecular formula is C24H22N2O5. The molecular weight excluding hydrogens is 396 g/mol. The lowest BCUT2D eigenvalue weighted by Crippen LogP contribution is -2.33. The summed E-state index contributed by atoms with van der Waals surface area (Å²) in [6.45, 7) is 0. The molecule has 2 bridgehead atoms. The SMILES string of the molecule is COc1ccc(NC(=O)c2cccc(N3C(=O)[C@@H]4[C@H](C3=O)[C@H]3C=C[C@H]4C3)c2)c(OC)c1. The Labute approximate surface area is 179 Å². The summed E-state index contributed by atoms with van der Waals surface area (Å²) >= 11 is 0. The minimum absolute atomic E-state index is 0.144. The van der Waals surface area contributed by atoms with Gasteiger partial charge in [0.1, 0.15) is 11.5 Å². The van der Waals surface area contributed by atoms with Crippen LogP contribution in [0.4, 0.5) is 11.4 Å². The quantitative estimate of drug-likeness (QED) is 0.595. The number of nitrogens with one attached hydrogen (secondary N) is 1. The van der Waals surface area contributed by atoms with Crippen molar-refractivity contribution in [3.05, 3.63) is 60.2 Å². The van der Waals surface area contributed by atoms with Crippen molar-refractivity contribution in [1.82, 2.24) is 0 Å².